The molecule has 132 valence electrons. The fourth-order valence-corrected chi connectivity index (χ4v) is 2.81. The van der Waals surface area contributed by atoms with E-state index in [0.717, 1.165) is 12.0 Å². The molecule has 1 aliphatic heterocycles. The maximum Gasteiger partial charge on any atom is 0.246 e. The van der Waals surface area contributed by atoms with Gasteiger partial charge in [0, 0.05) is 19.2 Å². The molecular weight excluding hydrogens is 330 g/mol. The summed E-state index contributed by atoms with van der Waals surface area (Å²) >= 11 is 6.27. The first kappa shape index (κ1) is 18.6. The number of hydrogen-bond donors (Lipinski definition) is 1. The quantitative estimate of drug-likeness (QED) is 0.798. The van der Waals surface area contributed by atoms with Gasteiger partial charge in [0.15, 0.2) is 11.5 Å². The molecule has 1 saturated heterocycles. The highest BCUT2D eigenvalue weighted by Crippen LogP contribution is 2.36. The van der Waals surface area contributed by atoms with Crippen LogP contribution < -0.4 is 9.47 Å². The van der Waals surface area contributed by atoms with Gasteiger partial charge in [0.05, 0.1) is 24.8 Å². The number of ether oxygens (including phenoxy) is 2. The molecule has 0 aliphatic carbocycles. The van der Waals surface area contributed by atoms with Crippen molar-refractivity contribution in [3.05, 3.63) is 28.8 Å². The van der Waals surface area contributed by atoms with E-state index in [-0.39, 0.29) is 12.0 Å². The van der Waals surface area contributed by atoms with Gasteiger partial charge in [-0.1, -0.05) is 18.5 Å². The summed E-state index contributed by atoms with van der Waals surface area (Å²) < 4.78 is 10.9. The lowest BCUT2D eigenvalue weighted by atomic mass is 10.1. The van der Waals surface area contributed by atoms with E-state index in [0.29, 0.717) is 49.1 Å². The van der Waals surface area contributed by atoms with Crippen LogP contribution in [0.2, 0.25) is 5.02 Å². The van der Waals surface area contributed by atoms with Crippen LogP contribution in [0.5, 0.6) is 11.5 Å². The Bertz CT molecular complexity index is 595. The van der Waals surface area contributed by atoms with Gasteiger partial charge in [0.1, 0.15) is 0 Å². The van der Waals surface area contributed by atoms with Gasteiger partial charge in [0.25, 0.3) is 0 Å². The Morgan fingerprint density at radius 2 is 2.12 bits per heavy atom. The lowest BCUT2D eigenvalue weighted by Crippen LogP contribution is -2.39. The average Bonchev–Trinajstić information content (AvgIpc) is 2.58. The molecule has 5 nitrogen and oxygen atoms in total. The summed E-state index contributed by atoms with van der Waals surface area (Å²) in [6.45, 7) is 3.74. The van der Waals surface area contributed by atoms with Crippen LogP contribution >= 0.6 is 11.6 Å². The molecule has 0 bridgehead atoms. The number of rotatable bonds is 6. The van der Waals surface area contributed by atoms with E-state index >= 15 is 0 Å². The number of carbonyl (C=O) groups excluding carboxylic acids is 1. The standard InChI is InChI=1S/C18H24ClNO4/c1-3-10-24-18-15(19)11-13(12-16(18)23-2)4-5-17(22)20-8-6-14(21)7-9-20/h4-5,11-12,14,21H,3,6-10H2,1-2H3/b5-4+. The first-order valence-electron chi connectivity index (χ1n) is 8.20. The summed E-state index contributed by atoms with van der Waals surface area (Å²) in [7, 11) is 1.56. The Balaban J connectivity index is 2.08. The summed E-state index contributed by atoms with van der Waals surface area (Å²) in [5.41, 5.74) is 0.770. The third-order valence-electron chi connectivity index (χ3n) is 3.90. The Morgan fingerprint density at radius 1 is 1.42 bits per heavy atom. The Labute approximate surface area is 147 Å². The van der Waals surface area contributed by atoms with Crippen LogP contribution in [0.1, 0.15) is 31.7 Å². The number of hydrogen-bond acceptors (Lipinski definition) is 4. The van der Waals surface area contributed by atoms with Gasteiger partial charge in [0.2, 0.25) is 5.91 Å². The summed E-state index contributed by atoms with van der Waals surface area (Å²) in [4.78, 5) is 13.9. The summed E-state index contributed by atoms with van der Waals surface area (Å²) in [6.07, 6.45) is 5.07. The van der Waals surface area contributed by atoms with Crippen molar-refractivity contribution in [2.24, 2.45) is 0 Å². The highest BCUT2D eigenvalue weighted by atomic mass is 35.5. The van der Waals surface area contributed by atoms with Crippen LogP contribution in [0.25, 0.3) is 6.08 Å². The van der Waals surface area contributed by atoms with E-state index in [1.54, 1.807) is 30.2 Å². The molecule has 1 heterocycles. The van der Waals surface area contributed by atoms with E-state index in [1.165, 1.54) is 6.08 Å². The van der Waals surface area contributed by atoms with E-state index in [4.69, 9.17) is 21.1 Å². The predicted molar refractivity (Wildman–Crippen MR) is 94.6 cm³/mol. The Kier molecular flexibility index (Phi) is 6.94. The Hall–Kier alpha value is -1.72. The topological polar surface area (TPSA) is 59.0 Å². The molecule has 0 atom stereocenters. The molecule has 1 aromatic carbocycles. The largest absolute Gasteiger partial charge is 0.493 e. The fourth-order valence-electron chi connectivity index (χ4n) is 2.54. The summed E-state index contributed by atoms with van der Waals surface area (Å²) in [5, 5.41) is 9.95. The van der Waals surface area contributed by atoms with Gasteiger partial charge < -0.3 is 19.5 Å². The van der Waals surface area contributed by atoms with Gasteiger partial charge in [-0.25, -0.2) is 0 Å². The number of carbonyl (C=O) groups is 1. The third kappa shape index (κ3) is 4.89. The summed E-state index contributed by atoms with van der Waals surface area (Å²) in [6, 6.07) is 3.54. The molecule has 0 unspecified atom stereocenters. The number of benzene rings is 1. The van der Waals surface area contributed by atoms with Crippen LogP contribution in [0.15, 0.2) is 18.2 Å². The number of amides is 1. The van der Waals surface area contributed by atoms with Crippen molar-refractivity contribution >= 4 is 23.6 Å². The second-order valence-corrected chi connectivity index (χ2v) is 6.18. The number of halogens is 1. The monoisotopic (exact) mass is 353 g/mol. The number of methoxy groups -OCH3 is 1. The van der Waals surface area contributed by atoms with Gasteiger partial charge in [-0.15, -0.1) is 0 Å². The number of likely N-dealkylation sites (tertiary alicyclic amines) is 1. The van der Waals surface area contributed by atoms with Crippen molar-refractivity contribution in [1.29, 1.82) is 0 Å². The van der Waals surface area contributed by atoms with Crippen molar-refractivity contribution in [1.82, 2.24) is 4.90 Å². The molecule has 0 radical (unpaired) electrons. The first-order chi connectivity index (χ1) is 11.5. The second-order valence-electron chi connectivity index (χ2n) is 5.77. The maximum atomic E-state index is 12.2. The zero-order chi connectivity index (χ0) is 17.5. The highest BCUT2D eigenvalue weighted by molar-refractivity contribution is 6.32. The van der Waals surface area contributed by atoms with Gasteiger partial charge in [-0.3, -0.25) is 4.79 Å². The van der Waals surface area contributed by atoms with Crippen molar-refractivity contribution in [2.75, 3.05) is 26.8 Å². The van der Waals surface area contributed by atoms with Gasteiger partial charge in [-0.05, 0) is 43.0 Å². The molecule has 2 rings (SSSR count). The second kappa shape index (κ2) is 8.94. The number of aliphatic hydroxyl groups excluding tert-OH is 1. The lowest BCUT2D eigenvalue weighted by molar-refractivity contribution is -0.127. The minimum absolute atomic E-state index is 0.0664. The van der Waals surface area contributed by atoms with Crippen LogP contribution in [-0.4, -0.2) is 48.8 Å². The van der Waals surface area contributed by atoms with Crippen molar-refractivity contribution < 1.29 is 19.4 Å². The molecule has 24 heavy (non-hydrogen) atoms. The minimum Gasteiger partial charge on any atom is -0.493 e. The van der Waals surface area contributed by atoms with Crippen LogP contribution in [0.3, 0.4) is 0 Å². The molecule has 1 aromatic rings. The number of piperidine rings is 1. The molecule has 0 aromatic heterocycles. The molecule has 6 heteroatoms. The average molecular weight is 354 g/mol. The SMILES string of the molecule is CCCOc1c(Cl)cc(/C=C/C(=O)N2CCC(O)CC2)cc1OC. The fraction of sp³-hybridized carbons (Fsp3) is 0.500. The molecule has 1 amide bonds. The molecule has 1 fully saturated rings. The maximum absolute atomic E-state index is 12.2. The van der Waals surface area contributed by atoms with E-state index < -0.39 is 0 Å². The van der Waals surface area contributed by atoms with Gasteiger partial charge in [-0.2, -0.15) is 0 Å². The lowest BCUT2D eigenvalue weighted by Gasteiger charge is -2.28. The molecule has 1 N–H and O–H groups in total. The van der Waals surface area contributed by atoms with Crippen LogP contribution in [-0.2, 0) is 4.79 Å². The Morgan fingerprint density at radius 3 is 2.75 bits per heavy atom. The van der Waals surface area contributed by atoms with E-state index in [2.05, 4.69) is 0 Å². The van der Waals surface area contributed by atoms with E-state index in [1.807, 2.05) is 6.92 Å². The molecular formula is C18H24ClNO4. The third-order valence-corrected chi connectivity index (χ3v) is 4.18. The van der Waals surface area contributed by atoms with Crippen molar-refractivity contribution in [3.8, 4) is 11.5 Å². The smallest absolute Gasteiger partial charge is 0.246 e. The zero-order valence-corrected chi connectivity index (χ0v) is 14.9. The normalized spacial score (nSPS) is 15.8. The molecule has 1 aliphatic rings. The van der Waals surface area contributed by atoms with Gasteiger partial charge >= 0.3 is 0 Å². The van der Waals surface area contributed by atoms with Crippen molar-refractivity contribution in [3.63, 3.8) is 0 Å². The first-order valence-corrected chi connectivity index (χ1v) is 8.58. The van der Waals surface area contributed by atoms with Crippen LogP contribution in [0, 0.1) is 0 Å². The van der Waals surface area contributed by atoms with Crippen molar-refractivity contribution in [2.45, 2.75) is 32.3 Å². The number of nitrogens with zero attached hydrogens (tertiary/aromatic N) is 1. The number of aliphatic hydroxyl groups is 1. The van der Waals surface area contributed by atoms with Crippen LogP contribution in [0.4, 0.5) is 0 Å². The minimum atomic E-state index is -0.295. The zero-order valence-electron chi connectivity index (χ0n) is 14.1. The predicted octanol–water partition coefficient (Wildman–Crippen LogP) is 3.13. The molecule has 0 saturated carbocycles. The van der Waals surface area contributed by atoms with E-state index in [9.17, 15) is 9.90 Å². The highest BCUT2D eigenvalue weighted by Gasteiger charge is 2.19. The molecule has 0 spiro atoms. The summed E-state index contributed by atoms with van der Waals surface area (Å²) in [5.74, 6) is 1.00.